The van der Waals surface area contributed by atoms with Crippen molar-refractivity contribution in [2.24, 2.45) is 11.7 Å². The van der Waals surface area contributed by atoms with E-state index in [1.165, 1.54) is 33.4 Å². The maximum atomic E-state index is 11.2. The van der Waals surface area contributed by atoms with Gasteiger partial charge in [0.1, 0.15) is 4.83 Å². The van der Waals surface area contributed by atoms with Gasteiger partial charge in [0.15, 0.2) is 0 Å². The molecule has 0 bridgehead atoms. The maximum Gasteiger partial charge on any atom is 0.227 e. The number of thiophene rings is 1. The molecule has 3 aromatic rings. The summed E-state index contributed by atoms with van der Waals surface area (Å²) in [5, 5.41) is 1.26. The summed E-state index contributed by atoms with van der Waals surface area (Å²) < 4.78 is 0. The largest absolute Gasteiger partial charge is 0.370 e. The number of hydrogen-bond acceptors (Lipinski definition) is 5. The second-order valence-electron chi connectivity index (χ2n) is 8.38. The number of carbonyl (C=O) groups is 1. The molecular formula is C23H26N4OS. The number of piperidine rings is 1. The summed E-state index contributed by atoms with van der Waals surface area (Å²) in [5.41, 5.74) is 10.3. The molecule has 1 saturated heterocycles. The molecule has 2 aromatic heterocycles. The Balaban J connectivity index is 1.54. The van der Waals surface area contributed by atoms with Gasteiger partial charge in [0.05, 0.1) is 5.69 Å². The number of benzene rings is 1. The number of primary amides is 1. The number of amides is 1. The quantitative estimate of drug-likeness (QED) is 0.703. The van der Waals surface area contributed by atoms with Crippen LogP contribution in [0.3, 0.4) is 0 Å². The van der Waals surface area contributed by atoms with Crippen LogP contribution in [0.5, 0.6) is 0 Å². The molecule has 5 nitrogen and oxygen atoms in total. The molecule has 2 aliphatic rings. The first-order valence-corrected chi connectivity index (χ1v) is 11.3. The van der Waals surface area contributed by atoms with E-state index in [-0.39, 0.29) is 5.91 Å². The van der Waals surface area contributed by atoms with E-state index >= 15 is 0 Å². The van der Waals surface area contributed by atoms with Gasteiger partial charge in [-0.05, 0) is 50.5 Å². The van der Waals surface area contributed by atoms with E-state index in [9.17, 15) is 4.79 Å². The van der Waals surface area contributed by atoms with Crippen LogP contribution in [0.4, 0.5) is 5.95 Å². The van der Waals surface area contributed by atoms with E-state index < -0.39 is 0 Å². The molecule has 6 heteroatoms. The van der Waals surface area contributed by atoms with Crippen molar-refractivity contribution in [2.45, 2.75) is 45.4 Å². The molecule has 3 heterocycles. The molecule has 0 radical (unpaired) electrons. The highest BCUT2D eigenvalue weighted by atomic mass is 32.1. The van der Waals surface area contributed by atoms with Crippen LogP contribution in [0.1, 0.15) is 41.7 Å². The SMILES string of the molecule is Cc1ccc(-c2nc(N3CCC(CC(N)=O)CC3)nc3sc4c(c23)CCC4)cc1. The van der Waals surface area contributed by atoms with Crippen LogP contribution in [0.15, 0.2) is 24.3 Å². The van der Waals surface area contributed by atoms with Gasteiger partial charge >= 0.3 is 0 Å². The van der Waals surface area contributed by atoms with Crippen molar-refractivity contribution in [1.82, 2.24) is 9.97 Å². The van der Waals surface area contributed by atoms with Gasteiger partial charge in [-0.2, -0.15) is 0 Å². The fraction of sp³-hybridized carbons (Fsp3) is 0.435. The Labute approximate surface area is 175 Å². The fourth-order valence-electron chi connectivity index (χ4n) is 4.67. The average Bonchev–Trinajstić information content (AvgIpc) is 3.29. The number of hydrogen-bond donors (Lipinski definition) is 1. The number of anilines is 1. The van der Waals surface area contributed by atoms with Crippen molar-refractivity contribution < 1.29 is 4.79 Å². The zero-order valence-electron chi connectivity index (χ0n) is 16.8. The van der Waals surface area contributed by atoms with Gasteiger partial charge in [-0.3, -0.25) is 4.79 Å². The number of nitrogens with zero attached hydrogens (tertiary/aromatic N) is 3. The number of aromatic nitrogens is 2. The summed E-state index contributed by atoms with van der Waals surface area (Å²) in [6.45, 7) is 3.87. The third-order valence-corrected chi connectivity index (χ3v) is 7.45. The minimum Gasteiger partial charge on any atom is -0.370 e. The molecule has 1 fully saturated rings. The molecule has 1 amide bonds. The molecule has 29 heavy (non-hydrogen) atoms. The molecule has 0 atom stereocenters. The minimum absolute atomic E-state index is 0.198. The van der Waals surface area contributed by atoms with Crippen LogP contribution in [0, 0.1) is 12.8 Å². The van der Waals surface area contributed by atoms with E-state index in [0.717, 1.165) is 55.2 Å². The van der Waals surface area contributed by atoms with E-state index in [1.54, 1.807) is 0 Å². The number of carbonyl (C=O) groups excluding carboxylic acids is 1. The Morgan fingerprint density at radius 3 is 2.66 bits per heavy atom. The highest BCUT2D eigenvalue weighted by Crippen LogP contribution is 2.42. The van der Waals surface area contributed by atoms with Gasteiger partial charge in [0, 0.05) is 35.3 Å². The Morgan fingerprint density at radius 2 is 1.93 bits per heavy atom. The van der Waals surface area contributed by atoms with Crippen molar-refractivity contribution in [3.8, 4) is 11.3 Å². The first-order valence-electron chi connectivity index (χ1n) is 10.5. The van der Waals surface area contributed by atoms with Crippen LogP contribution in [-0.2, 0) is 17.6 Å². The van der Waals surface area contributed by atoms with Crippen LogP contribution in [0.2, 0.25) is 0 Å². The summed E-state index contributed by atoms with van der Waals surface area (Å²) >= 11 is 1.85. The van der Waals surface area contributed by atoms with Crippen molar-refractivity contribution in [3.63, 3.8) is 0 Å². The average molecular weight is 407 g/mol. The van der Waals surface area contributed by atoms with Gasteiger partial charge in [-0.15, -0.1) is 11.3 Å². The molecular weight excluding hydrogens is 380 g/mol. The number of nitrogens with two attached hydrogens (primary N) is 1. The van der Waals surface area contributed by atoms with Crippen LogP contribution in [0.25, 0.3) is 21.5 Å². The Morgan fingerprint density at radius 1 is 1.17 bits per heavy atom. The molecule has 0 spiro atoms. The van der Waals surface area contributed by atoms with Gasteiger partial charge in [-0.25, -0.2) is 9.97 Å². The van der Waals surface area contributed by atoms with Crippen LogP contribution >= 0.6 is 11.3 Å². The van der Waals surface area contributed by atoms with Gasteiger partial charge in [-0.1, -0.05) is 29.8 Å². The van der Waals surface area contributed by atoms with Crippen LogP contribution < -0.4 is 10.6 Å². The highest BCUT2D eigenvalue weighted by molar-refractivity contribution is 7.19. The Bertz CT molecular complexity index is 1060. The first kappa shape index (κ1) is 18.6. The normalized spacial score (nSPS) is 17.1. The monoisotopic (exact) mass is 406 g/mol. The van der Waals surface area contributed by atoms with Crippen molar-refractivity contribution in [3.05, 3.63) is 40.3 Å². The predicted molar refractivity (Wildman–Crippen MR) is 118 cm³/mol. The van der Waals surface area contributed by atoms with Crippen molar-refractivity contribution >= 4 is 33.4 Å². The lowest BCUT2D eigenvalue weighted by Crippen LogP contribution is -2.36. The molecule has 1 aliphatic heterocycles. The summed E-state index contributed by atoms with van der Waals surface area (Å²) in [7, 11) is 0. The van der Waals surface area contributed by atoms with Crippen molar-refractivity contribution in [2.75, 3.05) is 18.0 Å². The van der Waals surface area contributed by atoms with E-state index in [1.807, 2.05) is 11.3 Å². The number of rotatable bonds is 4. The fourth-order valence-corrected chi connectivity index (χ4v) is 5.92. The third-order valence-electron chi connectivity index (χ3n) is 6.27. The van der Waals surface area contributed by atoms with E-state index in [0.29, 0.717) is 12.3 Å². The lowest BCUT2D eigenvalue weighted by atomic mass is 9.93. The van der Waals surface area contributed by atoms with E-state index in [2.05, 4.69) is 36.1 Å². The van der Waals surface area contributed by atoms with Crippen LogP contribution in [-0.4, -0.2) is 29.0 Å². The zero-order valence-corrected chi connectivity index (χ0v) is 17.6. The second kappa shape index (κ2) is 7.41. The molecule has 0 saturated carbocycles. The Kier molecular flexibility index (Phi) is 4.74. The molecule has 2 N–H and O–H groups in total. The lowest BCUT2D eigenvalue weighted by Gasteiger charge is -2.31. The first-order chi connectivity index (χ1) is 14.1. The number of aryl methyl sites for hydroxylation is 3. The van der Waals surface area contributed by atoms with Crippen molar-refractivity contribution in [1.29, 1.82) is 0 Å². The van der Waals surface area contributed by atoms with Gasteiger partial charge < -0.3 is 10.6 Å². The van der Waals surface area contributed by atoms with Gasteiger partial charge in [0.25, 0.3) is 0 Å². The summed E-state index contributed by atoms with van der Waals surface area (Å²) in [6, 6.07) is 8.67. The van der Waals surface area contributed by atoms with E-state index in [4.69, 9.17) is 15.7 Å². The minimum atomic E-state index is -0.198. The maximum absolute atomic E-state index is 11.2. The molecule has 150 valence electrons. The summed E-state index contributed by atoms with van der Waals surface area (Å²) in [6.07, 6.45) is 5.95. The lowest BCUT2D eigenvalue weighted by molar-refractivity contribution is -0.119. The summed E-state index contributed by atoms with van der Waals surface area (Å²) in [5.74, 6) is 1.01. The molecule has 1 aromatic carbocycles. The smallest absolute Gasteiger partial charge is 0.227 e. The molecule has 5 rings (SSSR count). The Hall–Kier alpha value is -2.47. The standard InChI is InChI=1S/C23H26N4OS/c1-14-5-7-16(8-6-14)21-20-17-3-2-4-18(17)29-22(20)26-23(25-21)27-11-9-15(10-12-27)13-19(24)28/h5-8,15H,2-4,9-13H2,1H3,(H2,24,28). The number of fused-ring (bicyclic) bond motifs is 3. The zero-order chi connectivity index (χ0) is 20.0. The second-order valence-corrected chi connectivity index (χ2v) is 9.46. The third kappa shape index (κ3) is 3.50. The molecule has 1 aliphatic carbocycles. The predicted octanol–water partition coefficient (Wildman–Crippen LogP) is 4.25. The van der Waals surface area contributed by atoms with Gasteiger partial charge in [0.2, 0.25) is 11.9 Å². The molecule has 0 unspecified atom stereocenters. The highest BCUT2D eigenvalue weighted by Gasteiger charge is 2.26. The summed E-state index contributed by atoms with van der Waals surface area (Å²) in [4.78, 5) is 26.2. The topological polar surface area (TPSA) is 72.1 Å².